The lowest BCUT2D eigenvalue weighted by molar-refractivity contribution is -0.127. The third-order valence-electron chi connectivity index (χ3n) is 3.62. The third-order valence-corrected chi connectivity index (χ3v) is 4.60. The molecule has 2 heterocycles. The number of amides is 2. The Morgan fingerprint density at radius 2 is 1.72 bits per heavy atom. The fraction of sp³-hybridized carbons (Fsp3) is 0.500. The number of fused-ring (bicyclic) bond motifs is 1. The van der Waals surface area contributed by atoms with Crippen molar-refractivity contribution in [3.8, 4) is 0 Å². The van der Waals surface area contributed by atoms with Gasteiger partial charge in [0.15, 0.2) is 16.3 Å². The van der Waals surface area contributed by atoms with Crippen LogP contribution in [-0.4, -0.2) is 36.3 Å². The largest absolute Gasteiger partial charge is 0.332 e. The number of aromatic nitrogens is 4. The minimum atomic E-state index is -0.463. The van der Waals surface area contributed by atoms with Gasteiger partial charge in [-0.2, -0.15) is 0 Å². The summed E-state index contributed by atoms with van der Waals surface area (Å²) in [6.45, 7) is 3.97. The van der Waals surface area contributed by atoms with Crippen LogP contribution in [0.1, 0.15) is 20.3 Å². The van der Waals surface area contributed by atoms with E-state index in [1.165, 1.54) is 11.6 Å². The van der Waals surface area contributed by atoms with Crippen LogP contribution in [0.3, 0.4) is 0 Å². The fourth-order valence-corrected chi connectivity index (χ4v) is 3.08. The lowest BCUT2D eigenvalue weighted by atomic mass is 10.5. The molecule has 2 aromatic rings. The number of aryl methyl sites for hydroxylation is 2. The number of hydrogen-bond donors (Lipinski definition) is 2. The molecule has 10 nitrogen and oxygen atoms in total. The van der Waals surface area contributed by atoms with Crippen molar-refractivity contribution < 1.29 is 9.59 Å². The van der Waals surface area contributed by atoms with E-state index in [2.05, 4.69) is 15.8 Å². The van der Waals surface area contributed by atoms with E-state index >= 15 is 0 Å². The lowest BCUT2D eigenvalue weighted by Crippen LogP contribution is -2.42. The molecule has 0 fully saturated rings. The van der Waals surface area contributed by atoms with Crippen molar-refractivity contribution in [2.24, 2.45) is 14.1 Å². The summed E-state index contributed by atoms with van der Waals surface area (Å²) in [4.78, 5) is 51.7. The number of rotatable bonds is 5. The normalized spacial score (nSPS) is 10.9. The highest BCUT2D eigenvalue weighted by Crippen LogP contribution is 2.21. The summed E-state index contributed by atoms with van der Waals surface area (Å²) in [6, 6.07) is 0. The lowest BCUT2D eigenvalue weighted by Gasteiger charge is -2.07. The predicted molar refractivity (Wildman–Crippen MR) is 93.2 cm³/mol. The Morgan fingerprint density at radius 3 is 2.32 bits per heavy atom. The third kappa shape index (κ3) is 3.60. The van der Waals surface area contributed by atoms with E-state index in [4.69, 9.17) is 0 Å². The van der Waals surface area contributed by atoms with Crippen molar-refractivity contribution in [2.45, 2.75) is 32.0 Å². The second-order valence-electron chi connectivity index (χ2n) is 5.26. The van der Waals surface area contributed by atoms with E-state index in [0.717, 1.165) is 16.3 Å². The molecule has 25 heavy (non-hydrogen) atoms. The van der Waals surface area contributed by atoms with Gasteiger partial charge in [-0.1, -0.05) is 18.7 Å². The van der Waals surface area contributed by atoms with Crippen LogP contribution >= 0.6 is 11.8 Å². The minimum absolute atomic E-state index is 0.00157. The van der Waals surface area contributed by atoms with Gasteiger partial charge in [-0.25, -0.2) is 9.78 Å². The van der Waals surface area contributed by atoms with E-state index in [-0.39, 0.29) is 23.7 Å². The van der Waals surface area contributed by atoms with Crippen molar-refractivity contribution in [1.82, 2.24) is 29.5 Å². The first kappa shape index (κ1) is 18.8. The van der Waals surface area contributed by atoms with E-state index in [1.807, 2.05) is 6.92 Å². The van der Waals surface area contributed by atoms with Gasteiger partial charge in [-0.3, -0.25) is 34.4 Å². The van der Waals surface area contributed by atoms with Gasteiger partial charge in [0.1, 0.15) is 0 Å². The maximum Gasteiger partial charge on any atom is 0.332 e. The fourth-order valence-electron chi connectivity index (χ4n) is 2.22. The van der Waals surface area contributed by atoms with Gasteiger partial charge >= 0.3 is 5.69 Å². The van der Waals surface area contributed by atoms with Gasteiger partial charge in [-0.15, -0.1) is 0 Å². The molecule has 2 N–H and O–H groups in total. The first-order valence-electron chi connectivity index (χ1n) is 7.68. The summed E-state index contributed by atoms with van der Waals surface area (Å²) >= 11 is 1.12. The topological polar surface area (TPSA) is 120 Å². The number of nitrogens with zero attached hydrogens (tertiary/aromatic N) is 4. The molecule has 2 aromatic heterocycles. The molecule has 136 valence electrons. The summed E-state index contributed by atoms with van der Waals surface area (Å²) in [5.41, 5.74) is 4.27. The van der Waals surface area contributed by atoms with Crippen LogP contribution < -0.4 is 22.1 Å². The first-order chi connectivity index (χ1) is 11.8. The maximum absolute atomic E-state index is 12.4. The van der Waals surface area contributed by atoms with Crippen LogP contribution in [0.5, 0.6) is 0 Å². The van der Waals surface area contributed by atoms with Gasteiger partial charge in [0.25, 0.3) is 5.56 Å². The van der Waals surface area contributed by atoms with E-state index in [0.29, 0.717) is 17.2 Å². The molecule has 0 radical (unpaired) electrons. The van der Waals surface area contributed by atoms with Crippen LogP contribution in [0.15, 0.2) is 14.7 Å². The highest BCUT2D eigenvalue weighted by molar-refractivity contribution is 7.99. The van der Waals surface area contributed by atoms with Gasteiger partial charge in [-0.05, 0) is 6.92 Å². The predicted octanol–water partition coefficient (Wildman–Crippen LogP) is -0.897. The second-order valence-corrected chi connectivity index (χ2v) is 6.20. The van der Waals surface area contributed by atoms with Crippen molar-refractivity contribution in [2.75, 3.05) is 5.75 Å². The molecule has 0 bridgehead atoms. The van der Waals surface area contributed by atoms with Gasteiger partial charge < -0.3 is 4.57 Å². The molecule has 2 rings (SSSR count). The smallest absolute Gasteiger partial charge is 0.313 e. The molecule has 2 amide bonds. The molecule has 11 heteroatoms. The number of hydrazine groups is 1. The standard InChI is InChI=1S/C14H20N6O4S/c1-5-8(21)16-17-9(22)7-25-13-15-11-10(20(13)6-2)12(23)19(4)14(24)18(11)3/h5-7H2,1-4H3,(H,16,21)(H,17,22). The molecule has 0 aliphatic rings. The molecule has 0 unspecified atom stereocenters. The molecular formula is C14H20N6O4S. The molecule has 0 saturated carbocycles. The van der Waals surface area contributed by atoms with Crippen molar-refractivity contribution in [3.05, 3.63) is 20.8 Å². The number of hydrogen-bond acceptors (Lipinski definition) is 6. The molecule has 0 aromatic carbocycles. The zero-order valence-electron chi connectivity index (χ0n) is 14.5. The SMILES string of the molecule is CCC(=O)NNC(=O)CSc1nc2c(c(=O)n(C)c(=O)n2C)n1CC. The molecule has 0 aliphatic carbocycles. The van der Waals surface area contributed by atoms with Crippen LogP contribution in [0.2, 0.25) is 0 Å². The number of imidazole rings is 1. The molecule has 0 atom stereocenters. The van der Waals surface area contributed by atoms with Crippen LogP contribution in [-0.2, 0) is 30.2 Å². The van der Waals surface area contributed by atoms with Crippen molar-refractivity contribution in [1.29, 1.82) is 0 Å². The zero-order valence-corrected chi connectivity index (χ0v) is 15.3. The number of carbonyl (C=O) groups is 2. The Kier molecular flexibility index (Phi) is 5.67. The monoisotopic (exact) mass is 368 g/mol. The van der Waals surface area contributed by atoms with Gasteiger partial charge in [0.2, 0.25) is 11.8 Å². The van der Waals surface area contributed by atoms with E-state index < -0.39 is 17.2 Å². The molecular weight excluding hydrogens is 348 g/mol. The molecule has 0 saturated heterocycles. The van der Waals surface area contributed by atoms with Crippen LogP contribution in [0.4, 0.5) is 0 Å². The Labute approximate surface area is 147 Å². The van der Waals surface area contributed by atoms with Crippen molar-refractivity contribution >= 4 is 34.7 Å². The average molecular weight is 368 g/mol. The van der Waals surface area contributed by atoms with E-state index in [9.17, 15) is 19.2 Å². The summed E-state index contributed by atoms with van der Waals surface area (Å²) in [5.74, 6) is -0.692. The number of thioether (sulfide) groups is 1. The summed E-state index contributed by atoms with van der Waals surface area (Å²) in [6.07, 6.45) is 0.260. The highest BCUT2D eigenvalue weighted by Gasteiger charge is 2.19. The van der Waals surface area contributed by atoms with E-state index in [1.54, 1.807) is 18.5 Å². The Morgan fingerprint density at radius 1 is 1.08 bits per heavy atom. The summed E-state index contributed by atoms with van der Waals surface area (Å²) in [5, 5.41) is 0.452. The highest BCUT2D eigenvalue weighted by atomic mass is 32.2. The van der Waals surface area contributed by atoms with Crippen molar-refractivity contribution in [3.63, 3.8) is 0 Å². The van der Waals surface area contributed by atoms with Gasteiger partial charge in [0.05, 0.1) is 5.75 Å². The maximum atomic E-state index is 12.4. The zero-order chi connectivity index (χ0) is 18.7. The summed E-state index contributed by atoms with van der Waals surface area (Å²) < 4.78 is 3.99. The molecule has 0 aliphatic heterocycles. The van der Waals surface area contributed by atoms with Gasteiger partial charge in [0, 0.05) is 27.1 Å². The number of carbonyl (C=O) groups excluding carboxylic acids is 2. The first-order valence-corrected chi connectivity index (χ1v) is 8.67. The van der Waals surface area contributed by atoms with Crippen LogP contribution in [0, 0.1) is 0 Å². The number of nitrogens with one attached hydrogen (secondary N) is 2. The van der Waals surface area contributed by atoms with Crippen LogP contribution in [0.25, 0.3) is 11.2 Å². The summed E-state index contributed by atoms with van der Waals surface area (Å²) in [7, 11) is 2.95. The Bertz CT molecular complexity index is 941. The Balaban J connectivity index is 2.31. The average Bonchev–Trinajstić information content (AvgIpc) is 2.99. The Hall–Kier alpha value is -2.56. The quantitative estimate of drug-likeness (QED) is 0.521. The minimum Gasteiger partial charge on any atom is -0.313 e. The molecule has 0 spiro atoms. The second kappa shape index (κ2) is 7.55.